The van der Waals surface area contributed by atoms with Crippen LogP contribution >= 0.6 is 23.1 Å². The molecule has 1 aliphatic heterocycles. The molecule has 1 aliphatic carbocycles. The van der Waals surface area contributed by atoms with Gasteiger partial charge in [0, 0.05) is 46.7 Å². The highest BCUT2D eigenvalue weighted by Crippen LogP contribution is 2.64. The third-order valence-corrected chi connectivity index (χ3v) is 12.7. The van der Waals surface area contributed by atoms with E-state index < -0.39 is 5.41 Å². The maximum absolute atomic E-state index is 5.08. The molecule has 0 N–H and O–H groups in total. The largest absolute Gasteiger partial charge is 0.208 e. The van der Waals surface area contributed by atoms with Gasteiger partial charge >= 0.3 is 0 Å². The maximum Gasteiger partial charge on any atom is 0.164 e. The van der Waals surface area contributed by atoms with Crippen LogP contribution in [-0.4, -0.2) is 15.0 Å². The van der Waals surface area contributed by atoms with Crippen LogP contribution < -0.4 is 0 Å². The van der Waals surface area contributed by atoms with E-state index in [0.29, 0.717) is 17.5 Å². The molecule has 3 nitrogen and oxygen atoms in total. The summed E-state index contributed by atoms with van der Waals surface area (Å²) in [4.78, 5) is 17.6. The average Bonchev–Trinajstić information content (AvgIpc) is 3.72. The van der Waals surface area contributed by atoms with Gasteiger partial charge in [0.25, 0.3) is 0 Å². The van der Waals surface area contributed by atoms with E-state index in [1.54, 1.807) is 0 Å². The number of rotatable bonds is 3. The van der Waals surface area contributed by atoms with Crippen LogP contribution in [0.3, 0.4) is 0 Å². The molecule has 1 atom stereocenters. The molecular weight excluding hydrogens is 659 g/mol. The molecule has 2 aliphatic rings. The van der Waals surface area contributed by atoms with E-state index in [1.807, 2.05) is 59.5 Å². The van der Waals surface area contributed by atoms with Gasteiger partial charge in [-0.05, 0) is 57.6 Å². The van der Waals surface area contributed by atoms with Gasteiger partial charge in [-0.3, -0.25) is 0 Å². The maximum atomic E-state index is 5.08. The first-order chi connectivity index (χ1) is 25.3. The van der Waals surface area contributed by atoms with Gasteiger partial charge in [0.15, 0.2) is 17.5 Å². The minimum absolute atomic E-state index is 0.470. The number of benzene rings is 7. The molecule has 238 valence electrons. The Morgan fingerprint density at radius 2 is 1.00 bits per heavy atom. The van der Waals surface area contributed by atoms with Crippen molar-refractivity contribution in [3.8, 4) is 45.3 Å². The quantitative estimate of drug-likeness (QED) is 0.186. The van der Waals surface area contributed by atoms with E-state index in [2.05, 4.69) is 127 Å². The van der Waals surface area contributed by atoms with Crippen molar-refractivity contribution in [3.63, 3.8) is 0 Å². The lowest BCUT2D eigenvalue weighted by Gasteiger charge is -2.39. The van der Waals surface area contributed by atoms with Gasteiger partial charge in [-0.2, -0.15) is 0 Å². The van der Waals surface area contributed by atoms with Crippen molar-refractivity contribution in [1.82, 2.24) is 15.0 Å². The summed E-state index contributed by atoms with van der Waals surface area (Å²) in [7, 11) is 0. The summed E-state index contributed by atoms with van der Waals surface area (Å²) >= 11 is 3.73. The van der Waals surface area contributed by atoms with E-state index in [-0.39, 0.29) is 0 Å². The van der Waals surface area contributed by atoms with E-state index in [9.17, 15) is 0 Å². The zero-order chi connectivity index (χ0) is 33.5. The minimum atomic E-state index is -0.470. The van der Waals surface area contributed by atoms with Crippen LogP contribution in [0.4, 0.5) is 0 Å². The highest BCUT2D eigenvalue weighted by Gasteiger charge is 2.50. The summed E-state index contributed by atoms with van der Waals surface area (Å²) in [6, 6.07) is 58.9. The van der Waals surface area contributed by atoms with Gasteiger partial charge in [0.2, 0.25) is 0 Å². The molecule has 51 heavy (non-hydrogen) atoms. The first kappa shape index (κ1) is 28.9. The zero-order valence-corrected chi connectivity index (χ0v) is 28.9. The number of fused-ring (bicyclic) bond motifs is 13. The van der Waals surface area contributed by atoms with Crippen LogP contribution in [0.25, 0.3) is 65.5 Å². The molecule has 1 unspecified atom stereocenters. The second kappa shape index (κ2) is 11.1. The first-order valence-electron chi connectivity index (χ1n) is 17.1. The molecule has 2 aromatic heterocycles. The first-order valence-corrected chi connectivity index (χ1v) is 18.7. The van der Waals surface area contributed by atoms with Crippen LogP contribution in [0, 0.1) is 0 Å². The van der Waals surface area contributed by atoms with Crippen LogP contribution in [0.1, 0.15) is 22.3 Å². The topological polar surface area (TPSA) is 38.7 Å². The third kappa shape index (κ3) is 4.16. The summed E-state index contributed by atoms with van der Waals surface area (Å²) < 4.78 is 2.65. The number of hydrogen-bond donors (Lipinski definition) is 0. The average molecular weight is 686 g/mol. The van der Waals surface area contributed by atoms with Crippen LogP contribution in [-0.2, 0) is 5.41 Å². The molecular formula is C46H27N3S2. The van der Waals surface area contributed by atoms with Gasteiger partial charge in [0.05, 0.1) is 5.41 Å². The second-order valence-electron chi connectivity index (χ2n) is 13.1. The fourth-order valence-corrected chi connectivity index (χ4v) is 10.6. The summed E-state index contributed by atoms with van der Waals surface area (Å²) in [5.74, 6) is 1.99. The van der Waals surface area contributed by atoms with Gasteiger partial charge in [-0.15, -0.1) is 11.3 Å². The zero-order valence-electron chi connectivity index (χ0n) is 27.2. The van der Waals surface area contributed by atoms with Crippen molar-refractivity contribution in [3.05, 3.63) is 186 Å². The lowest BCUT2D eigenvalue weighted by Crippen LogP contribution is -2.32. The predicted octanol–water partition coefficient (Wildman–Crippen LogP) is 12.1. The van der Waals surface area contributed by atoms with Crippen LogP contribution in [0.2, 0.25) is 0 Å². The van der Waals surface area contributed by atoms with Crippen molar-refractivity contribution in [2.24, 2.45) is 0 Å². The minimum Gasteiger partial charge on any atom is -0.208 e. The molecule has 0 amide bonds. The Bertz CT molecular complexity index is 2790. The fraction of sp³-hybridized carbons (Fsp3) is 0.0217. The molecule has 0 bridgehead atoms. The highest BCUT2D eigenvalue weighted by atomic mass is 32.2. The van der Waals surface area contributed by atoms with Crippen LogP contribution in [0.5, 0.6) is 0 Å². The molecule has 7 aromatic carbocycles. The van der Waals surface area contributed by atoms with Crippen LogP contribution in [0.15, 0.2) is 174 Å². The molecule has 1 spiro atoms. The molecule has 0 saturated carbocycles. The normalized spacial score (nSPS) is 15.5. The summed E-state index contributed by atoms with van der Waals surface area (Å²) in [6.07, 6.45) is 0. The molecule has 0 saturated heterocycles. The SMILES string of the molecule is c1ccc(-c2nc(-c3ccccc3)nc(-c3ccc4c(c3)Sc3ccccc3C43c4ccccc4-c4c3ccc3sc5ccccc5c43)n2)cc1. The standard InChI is InChI=1S/C46H27N3S2/c1-3-13-28(14-4-1)43-47-44(29-15-5-2-6-16-29)49-45(48-43)30-23-24-35-40(27-30)51-38-22-12-10-20-34(38)46(35)33-19-9-7-17-31(33)41-36(46)25-26-39-42(41)32-18-8-11-21-37(32)50-39/h1-27H. The lowest BCUT2D eigenvalue weighted by molar-refractivity contribution is 0.723. The summed E-state index contributed by atoms with van der Waals surface area (Å²) in [5.41, 5.74) is 10.4. The monoisotopic (exact) mass is 685 g/mol. The number of nitrogens with zero attached hydrogens (tertiary/aromatic N) is 3. The van der Waals surface area contributed by atoms with E-state index in [4.69, 9.17) is 15.0 Å². The molecule has 3 heterocycles. The molecule has 11 rings (SSSR count). The molecule has 0 radical (unpaired) electrons. The van der Waals surface area contributed by atoms with E-state index in [0.717, 1.165) is 16.7 Å². The molecule has 5 heteroatoms. The van der Waals surface area contributed by atoms with Gasteiger partial charge < -0.3 is 0 Å². The van der Waals surface area contributed by atoms with Crippen molar-refractivity contribution >= 4 is 43.3 Å². The molecule has 9 aromatic rings. The Morgan fingerprint density at radius 3 is 1.76 bits per heavy atom. The smallest absolute Gasteiger partial charge is 0.164 e. The highest BCUT2D eigenvalue weighted by molar-refractivity contribution is 7.99. The fourth-order valence-electron chi connectivity index (χ4n) is 8.28. The number of aromatic nitrogens is 3. The third-order valence-electron chi connectivity index (χ3n) is 10.4. The van der Waals surface area contributed by atoms with Gasteiger partial charge in [-0.1, -0.05) is 151 Å². The van der Waals surface area contributed by atoms with E-state index in [1.165, 1.54) is 63.3 Å². The predicted molar refractivity (Wildman–Crippen MR) is 210 cm³/mol. The lowest BCUT2D eigenvalue weighted by atomic mass is 9.67. The van der Waals surface area contributed by atoms with Crippen molar-refractivity contribution in [2.75, 3.05) is 0 Å². The Morgan fingerprint density at radius 1 is 0.412 bits per heavy atom. The number of hydrogen-bond acceptors (Lipinski definition) is 5. The Labute approximate surface area is 303 Å². The Balaban J connectivity index is 1.18. The Kier molecular flexibility index (Phi) is 6.27. The molecule has 0 fully saturated rings. The number of thiophene rings is 1. The Hall–Kier alpha value is -5.88. The van der Waals surface area contributed by atoms with Crippen molar-refractivity contribution in [2.45, 2.75) is 15.2 Å². The van der Waals surface area contributed by atoms with Gasteiger partial charge in [0.1, 0.15) is 0 Å². The van der Waals surface area contributed by atoms with Crippen molar-refractivity contribution < 1.29 is 0 Å². The van der Waals surface area contributed by atoms with Crippen molar-refractivity contribution in [1.29, 1.82) is 0 Å². The summed E-state index contributed by atoms with van der Waals surface area (Å²) in [6.45, 7) is 0. The second-order valence-corrected chi connectivity index (χ2v) is 15.3. The van der Waals surface area contributed by atoms with E-state index >= 15 is 0 Å². The van der Waals surface area contributed by atoms with Gasteiger partial charge in [-0.25, -0.2) is 15.0 Å². The summed E-state index contributed by atoms with van der Waals surface area (Å²) in [5, 5.41) is 2.69.